The monoisotopic (exact) mass is 1320 g/mol. The summed E-state index contributed by atoms with van der Waals surface area (Å²) < 4.78 is 99.1. The van der Waals surface area contributed by atoms with Crippen molar-refractivity contribution in [2.45, 2.75) is 300 Å². The first-order valence-electron chi connectivity index (χ1n) is 30.1. The Hall–Kier alpha value is 1.82. The number of halogens is 2. The molecule has 20 atom stereocenters. The summed E-state index contributed by atoms with van der Waals surface area (Å²) in [6.07, 6.45) is -0.984. The van der Waals surface area contributed by atoms with Gasteiger partial charge in [-0.15, -0.1) is 0 Å². The van der Waals surface area contributed by atoms with Crippen molar-refractivity contribution >= 4 is 98.0 Å². The average Bonchev–Trinajstić information content (AvgIpc) is 4.27. The lowest BCUT2D eigenvalue weighted by atomic mass is 9.92. The van der Waals surface area contributed by atoms with Gasteiger partial charge in [-0.05, 0) is 129 Å². The molecule has 0 N–H and O–H groups in total. The predicted molar refractivity (Wildman–Crippen MR) is 360 cm³/mol. The molecule has 4 fully saturated rings. The summed E-state index contributed by atoms with van der Waals surface area (Å²) >= 11 is 1.52. The molecular weight excluding hydrogens is 1210 g/mol. The number of nitrogens with zero attached hydrogens (tertiary/aromatic N) is 4. The Kier molecular flexibility index (Phi) is 42.8. The molecule has 4 rings (SSSR count). The summed E-state index contributed by atoms with van der Waals surface area (Å²) in [5.41, 5.74) is 0. The zero-order chi connectivity index (χ0) is 64.5. The zero-order valence-corrected chi connectivity index (χ0v) is 61.7. The average molecular weight is 1320 g/mol. The Balaban J connectivity index is 0.000000564. The van der Waals surface area contributed by atoms with Crippen LogP contribution in [0.3, 0.4) is 0 Å². The van der Waals surface area contributed by atoms with Gasteiger partial charge in [0, 0.05) is 77.2 Å². The van der Waals surface area contributed by atoms with E-state index < -0.39 is 74.9 Å². The Morgan fingerprint density at radius 2 is 0.964 bits per heavy atom. The van der Waals surface area contributed by atoms with Crippen LogP contribution >= 0.6 is 66.6 Å². The summed E-state index contributed by atoms with van der Waals surface area (Å²) in [6.45, 7) is 49.1. The van der Waals surface area contributed by atoms with E-state index in [0.717, 1.165) is 19.3 Å². The standard InChI is InChI=1S/C17H32BN2O4P.C13H26BFNO2P.C13H26BFNOPS.C13H26BO4PS2/c1-7-14-15(24-25(6)20(12(2)3)13(4)5)16(17(18)23-14)22-11-21-10-8-9-19;1-7-10-12(11(15)13(14)17-10)18-19(6)16(8(2)3)9(4)5;1-7-10-12(11(15)13(14)19-10)17-18(6)16(8(2)3)9(4)5;1-7-9-10(18-19(6)15-5)11(12(14)17-9)16-8-20-21-13(2,3)4/h12-17H,7-8,10-11H2,1-6H3;2*8-13H,7H2,1-6H3;9-12H,7-8H2,1-6H3/t14-,15?,16+,17-,25?;10-,11+,12-,13-,19?;10-,11+,12-,13-,18?;9-,10?,11+,12-,19?/m1111/s1. The molecule has 6 unspecified atom stereocenters. The van der Waals surface area contributed by atoms with Gasteiger partial charge in [0.15, 0.2) is 8.38 Å². The molecule has 0 amide bonds. The van der Waals surface area contributed by atoms with Gasteiger partial charge in [-0.2, -0.15) is 17.0 Å². The molecule has 4 saturated heterocycles. The van der Waals surface area contributed by atoms with Crippen LogP contribution in [-0.2, 0) is 51.0 Å². The maximum absolute atomic E-state index is 14.2. The minimum Gasteiger partial charge on any atom is -0.379 e. The highest BCUT2D eigenvalue weighted by molar-refractivity contribution is 8.77. The molecule has 8 radical (unpaired) electrons. The molecule has 0 spiro atoms. The van der Waals surface area contributed by atoms with E-state index in [0.29, 0.717) is 61.6 Å². The third-order valence-electron chi connectivity index (χ3n) is 13.8. The van der Waals surface area contributed by atoms with Crippen LogP contribution in [0.15, 0.2) is 0 Å². The molecule has 28 heteroatoms. The van der Waals surface area contributed by atoms with Crippen molar-refractivity contribution in [3.05, 3.63) is 0 Å². The molecule has 4 aliphatic heterocycles. The van der Waals surface area contributed by atoms with Gasteiger partial charge in [-0.25, -0.2) is 8.78 Å². The van der Waals surface area contributed by atoms with Crippen molar-refractivity contribution < 1.29 is 59.8 Å². The fourth-order valence-corrected chi connectivity index (χ4v) is 20.5. The minimum absolute atomic E-state index is 0.0367. The second-order valence-corrected chi connectivity index (χ2v) is 34.5. The molecule has 15 nitrogen and oxygen atoms in total. The molecule has 4 aliphatic rings. The molecule has 84 heavy (non-hydrogen) atoms. The lowest BCUT2D eigenvalue weighted by Crippen LogP contribution is -2.40. The molecule has 0 aromatic heterocycles. The molecule has 0 aromatic rings. The molecule has 0 bridgehead atoms. The lowest BCUT2D eigenvalue weighted by Gasteiger charge is -2.38. The van der Waals surface area contributed by atoms with E-state index >= 15 is 0 Å². The first kappa shape index (κ1) is 83.8. The van der Waals surface area contributed by atoms with E-state index in [1.165, 1.54) is 11.8 Å². The Morgan fingerprint density at radius 1 is 0.571 bits per heavy atom. The number of hydrogen-bond donors (Lipinski definition) is 0. The molecule has 4 heterocycles. The summed E-state index contributed by atoms with van der Waals surface area (Å²) in [5, 5.41) is 8.27. The largest absolute Gasteiger partial charge is 0.379 e. The summed E-state index contributed by atoms with van der Waals surface area (Å²) in [7, 11) is 25.3. The van der Waals surface area contributed by atoms with E-state index in [4.69, 9.17) is 87.7 Å². The van der Waals surface area contributed by atoms with Crippen molar-refractivity contribution in [2.24, 2.45) is 0 Å². The molecule has 484 valence electrons. The van der Waals surface area contributed by atoms with Gasteiger partial charge in [-0.1, -0.05) is 70.1 Å². The maximum Gasteiger partial charge on any atom is 0.167 e. The van der Waals surface area contributed by atoms with Gasteiger partial charge in [0.25, 0.3) is 0 Å². The van der Waals surface area contributed by atoms with E-state index in [1.54, 1.807) is 28.7 Å². The SMILES string of the molecule is [B][C@@H]1O[C@H](CC)C(OP(C)N(C(C)C)C(C)C)[C@@H]1OCOCCC#N.[B][C@@H]1O[C@H](CC)C(OP(C)OC)[C@@H]1OCSSC(C)(C)C.[B][C@@H]1O[C@H](CC)[C@@H](OP(C)N(C(C)C)C(C)C)[C@@H]1F.[B][C@@H]1S[C@H](CC)[C@@H](OP(C)N(C(C)C)C(C)C)[C@@H]1F. The number of thioether (sulfide) groups is 1. The Bertz CT molecular complexity index is 1710. The van der Waals surface area contributed by atoms with Crippen LogP contribution in [0.5, 0.6) is 0 Å². The molecule has 0 aliphatic carbocycles. The summed E-state index contributed by atoms with van der Waals surface area (Å²) in [6, 6.07) is 2.51. The molecule has 0 aromatic carbocycles. The van der Waals surface area contributed by atoms with E-state index in [2.05, 4.69) is 152 Å². The van der Waals surface area contributed by atoms with Gasteiger partial charge in [0.05, 0.1) is 51.3 Å². The van der Waals surface area contributed by atoms with Gasteiger partial charge >= 0.3 is 0 Å². The maximum atomic E-state index is 14.2. The number of hydrogen-bond acceptors (Lipinski definition) is 18. The van der Waals surface area contributed by atoms with E-state index in [-0.39, 0.29) is 65.6 Å². The highest BCUT2D eigenvalue weighted by Gasteiger charge is 2.48. The highest BCUT2D eigenvalue weighted by atomic mass is 33.1. The van der Waals surface area contributed by atoms with Crippen LogP contribution in [-0.4, -0.2) is 235 Å². The van der Waals surface area contributed by atoms with Crippen molar-refractivity contribution in [1.82, 2.24) is 14.0 Å². The first-order chi connectivity index (χ1) is 39.2. The van der Waals surface area contributed by atoms with Gasteiger partial charge < -0.3 is 51.0 Å². The second kappa shape index (κ2) is 42.9. The van der Waals surface area contributed by atoms with Crippen LogP contribution in [0.1, 0.15) is 164 Å². The topological polar surface area (TPSA) is 135 Å². The fraction of sp³-hybridized carbons (Fsp3) is 0.982. The van der Waals surface area contributed by atoms with Crippen LogP contribution in [0, 0.1) is 11.3 Å². The number of ether oxygens (including phenoxy) is 6. The Morgan fingerprint density at radius 3 is 1.36 bits per heavy atom. The van der Waals surface area contributed by atoms with Crippen molar-refractivity contribution in [1.29, 1.82) is 5.26 Å². The van der Waals surface area contributed by atoms with Crippen molar-refractivity contribution in [3.8, 4) is 6.07 Å². The Labute approximate surface area is 533 Å². The quantitative estimate of drug-likeness (QED) is 0.0214. The number of rotatable bonds is 31. The zero-order valence-electron chi connectivity index (χ0n) is 55.7. The first-order valence-corrected chi connectivity index (χ1v) is 40.0. The van der Waals surface area contributed by atoms with Crippen LogP contribution in [0.2, 0.25) is 0 Å². The van der Waals surface area contributed by atoms with Gasteiger partial charge in [0.2, 0.25) is 0 Å². The smallest absolute Gasteiger partial charge is 0.167 e. The van der Waals surface area contributed by atoms with Gasteiger partial charge in [-0.3, -0.25) is 14.0 Å². The minimum atomic E-state index is -1.24. The lowest BCUT2D eigenvalue weighted by molar-refractivity contribution is -0.111. The van der Waals surface area contributed by atoms with Gasteiger partial charge in [0.1, 0.15) is 110 Å². The molecule has 0 saturated carbocycles. The van der Waals surface area contributed by atoms with Crippen LogP contribution < -0.4 is 0 Å². The molecular formula is C56H110B4F2N4O11P4S3. The van der Waals surface area contributed by atoms with Crippen molar-refractivity contribution in [2.75, 3.05) is 53.1 Å². The second-order valence-electron chi connectivity index (χ2n) is 23.7. The third kappa shape index (κ3) is 28.2. The normalized spacial score (nSPS) is 31.4. The number of nitriles is 1. The summed E-state index contributed by atoms with van der Waals surface area (Å²) in [4.78, 5) is 0. The fourth-order valence-electron chi connectivity index (χ4n) is 10.5. The van der Waals surface area contributed by atoms with Crippen LogP contribution in [0.25, 0.3) is 0 Å². The summed E-state index contributed by atoms with van der Waals surface area (Å²) in [5.74, 6) is 0.564. The van der Waals surface area contributed by atoms with Crippen molar-refractivity contribution in [3.63, 3.8) is 0 Å². The predicted octanol–water partition coefficient (Wildman–Crippen LogP) is 13.7. The van der Waals surface area contributed by atoms with Crippen LogP contribution in [0.4, 0.5) is 8.78 Å². The van der Waals surface area contributed by atoms with E-state index in [9.17, 15) is 8.78 Å². The highest BCUT2D eigenvalue weighted by Crippen LogP contribution is 2.50. The number of alkyl halides is 2. The third-order valence-corrected chi connectivity index (χ3v) is 25.7. The van der Waals surface area contributed by atoms with E-state index in [1.807, 2.05) is 26.3 Å².